The van der Waals surface area contributed by atoms with Gasteiger partial charge in [0.25, 0.3) is 0 Å². The van der Waals surface area contributed by atoms with Crippen molar-refractivity contribution in [3.05, 3.63) is 77.9 Å². The number of nitrogens with zero attached hydrogens (tertiary/aromatic N) is 3. The Morgan fingerprint density at radius 2 is 1.81 bits per heavy atom. The predicted molar refractivity (Wildman–Crippen MR) is 134 cm³/mol. The monoisotopic (exact) mass is 510 g/mol. The van der Waals surface area contributed by atoms with E-state index in [1.54, 1.807) is 48.4 Å². The summed E-state index contributed by atoms with van der Waals surface area (Å²) in [5, 5.41) is 2.91. The zero-order valence-electron chi connectivity index (χ0n) is 20.2. The van der Waals surface area contributed by atoms with Gasteiger partial charge in [-0.15, -0.1) is 0 Å². The summed E-state index contributed by atoms with van der Waals surface area (Å²) in [7, 11) is 1.58. The minimum absolute atomic E-state index is 0.0443. The first-order valence-electron chi connectivity index (χ1n) is 11.8. The molecule has 37 heavy (non-hydrogen) atoms. The van der Waals surface area contributed by atoms with Crippen molar-refractivity contribution in [2.45, 2.75) is 19.1 Å². The van der Waals surface area contributed by atoms with E-state index in [2.05, 4.69) is 5.32 Å². The second-order valence-electron chi connectivity index (χ2n) is 8.86. The number of halogens is 3. The topological polar surface area (TPSA) is 66.4 Å². The number of benzene rings is 3. The molecule has 3 aromatic carbocycles. The summed E-state index contributed by atoms with van der Waals surface area (Å²) in [5.74, 6) is 1.76. The average molecular weight is 511 g/mol. The van der Waals surface area contributed by atoms with Gasteiger partial charge in [-0.25, -0.2) is 9.79 Å². The quantitative estimate of drug-likeness (QED) is 0.450. The van der Waals surface area contributed by atoms with Crippen LogP contribution < -0.4 is 14.8 Å². The lowest BCUT2D eigenvalue weighted by atomic mass is 10.1. The number of alkyl halides is 3. The Morgan fingerprint density at radius 1 is 1.05 bits per heavy atom. The van der Waals surface area contributed by atoms with E-state index >= 15 is 0 Å². The number of carbonyl (C=O) groups is 1. The summed E-state index contributed by atoms with van der Waals surface area (Å²) < 4.78 is 50.9. The molecular weight excluding hydrogens is 485 g/mol. The molecule has 7 nitrogen and oxygen atoms in total. The maximum absolute atomic E-state index is 13.3. The van der Waals surface area contributed by atoms with E-state index < -0.39 is 11.7 Å². The highest BCUT2D eigenvalue weighted by atomic mass is 19.4. The number of carbonyl (C=O) groups excluding carboxylic acids is 1. The number of amidine groups is 1. The van der Waals surface area contributed by atoms with Crippen LogP contribution in [0.2, 0.25) is 0 Å². The Morgan fingerprint density at radius 3 is 2.51 bits per heavy atom. The Hall–Kier alpha value is -4.21. The zero-order chi connectivity index (χ0) is 26.2. The van der Waals surface area contributed by atoms with Crippen molar-refractivity contribution < 1.29 is 27.4 Å². The highest BCUT2D eigenvalue weighted by molar-refractivity contribution is 6.04. The Bertz CT molecular complexity index is 1340. The SMILES string of the molecule is COc1ccc(NC(=O)N2CCN(C3=Nc4ccc(C(F)(F)F)cc4Oc4ccccc43)C[C@H]2C)cc1. The van der Waals surface area contributed by atoms with Crippen molar-refractivity contribution >= 4 is 23.2 Å². The van der Waals surface area contributed by atoms with Crippen molar-refractivity contribution in [3.8, 4) is 17.2 Å². The molecule has 2 aliphatic rings. The standard InChI is InChI=1S/C27H25F3N4O3/c1-17-16-33(13-14-34(17)26(35)31-19-8-10-20(36-2)11-9-19)25-21-5-3-4-6-23(21)37-24-15-18(27(28,29)30)7-12-22(24)32-25/h3-12,15,17H,13-14,16H2,1-2H3,(H,31,35)/t17-/m1/s1. The van der Waals surface area contributed by atoms with Crippen LogP contribution in [0.5, 0.6) is 17.2 Å². The van der Waals surface area contributed by atoms with E-state index in [1.807, 2.05) is 24.0 Å². The summed E-state index contributed by atoms with van der Waals surface area (Å²) in [5.41, 5.74) is 0.851. The Balaban J connectivity index is 1.38. The highest BCUT2D eigenvalue weighted by Crippen LogP contribution is 2.42. The molecule has 0 bridgehead atoms. The number of fused-ring (bicyclic) bond motifs is 2. The molecule has 2 aliphatic heterocycles. The third-order valence-corrected chi connectivity index (χ3v) is 6.39. The van der Waals surface area contributed by atoms with Gasteiger partial charge in [-0.05, 0) is 61.5 Å². The van der Waals surface area contributed by atoms with E-state index in [1.165, 1.54) is 6.07 Å². The van der Waals surface area contributed by atoms with Crippen LogP contribution in [-0.2, 0) is 6.18 Å². The van der Waals surface area contributed by atoms with Crippen LogP contribution in [-0.4, -0.2) is 54.5 Å². The molecule has 5 rings (SSSR count). The smallest absolute Gasteiger partial charge is 0.416 e. The molecule has 3 aromatic rings. The number of para-hydroxylation sites is 1. The van der Waals surface area contributed by atoms with Crippen LogP contribution in [0.15, 0.2) is 71.7 Å². The van der Waals surface area contributed by atoms with Gasteiger partial charge in [0.1, 0.15) is 23.0 Å². The summed E-state index contributed by atoms with van der Waals surface area (Å²) >= 11 is 0. The van der Waals surface area contributed by atoms with Crippen LogP contribution in [0.4, 0.5) is 29.3 Å². The fourth-order valence-corrected chi connectivity index (χ4v) is 4.46. The van der Waals surface area contributed by atoms with Crippen LogP contribution in [0.25, 0.3) is 0 Å². The molecule has 10 heteroatoms. The van der Waals surface area contributed by atoms with Gasteiger partial charge >= 0.3 is 12.2 Å². The van der Waals surface area contributed by atoms with Crippen molar-refractivity contribution in [2.75, 3.05) is 32.1 Å². The molecule has 2 heterocycles. The van der Waals surface area contributed by atoms with Gasteiger partial charge in [0.05, 0.1) is 18.2 Å². The second kappa shape index (κ2) is 9.68. The van der Waals surface area contributed by atoms with Crippen LogP contribution in [0.1, 0.15) is 18.1 Å². The van der Waals surface area contributed by atoms with E-state index in [0.29, 0.717) is 53.9 Å². The molecule has 0 aromatic heterocycles. The maximum atomic E-state index is 13.3. The van der Waals surface area contributed by atoms with Gasteiger partial charge in [-0.1, -0.05) is 12.1 Å². The number of urea groups is 1. The lowest BCUT2D eigenvalue weighted by Gasteiger charge is -2.41. The first kappa shape index (κ1) is 24.5. The molecule has 0 spiro atoms. The third kappa shape index (κ3) is 5.04. The molecule has 0 aliphatic carbocycles. The molecule has 0 unspecified atom stereocenters. The summed E-state index contributed by atoms with van der Waals surface area (Å²) in [6.45, 7) is 3.36. The Labute approximate surface area is 212 Å². The molecule has 192 valence electrons. The van der Waals surface area contributed by atoms with E-state index in [9.17, 15) is 18.0 Å². The minimum atomic E-state index is -4.49. The van der Waals surface area contributed by atoms with E-state index in [4.69, 9.17) is 14.5 Å². The fraction of sp³-hybridized carbons (Fsp3) is 0.259. The van der Waals surface area contributed by atoms with Crippen molar-refractivity contribution in [2.24, 2.45) is 4.99 Å². The number of hydrogen-bond acceptors (Lipinski definition) is 5. The first-order valence-corrected chi connectivity index (χ1v) is 11.8. The average Bonchev–Trinajstić information content (AvgIpc) is 3.05. The molecule has 1 fully saturated rings. The molecule has 1 N–H and O–H groups in total. The number of anilines is 1. The molecule has 1 atom stereocenters. The maximum Gasteiger partial charge on any atom is 0.416 e. The molecular formula is C27H25F3N4O3. The highest BCUT2D eigenvalue weighted by Gasteiger charge is 2.34. The Kier molecular flexibility index (Phi) is 6.41. The number of ether oxygens (including phenoxy) is 2. The molecule has 1 saturated heterocycles. The minimum Gasteiger partial charge on any atom is -0.497 e. The van der Waals surface area contributed by atoms with E-state index in [0.717, 1.165) is 12.1 Å². The molecule has 0 saturated carbocycles. The summed E-state index contributed by atoms with van der Waals surface area (Å²) in [6.07, 6.45) is -4.49. The number of methoxy groups -OCH3 is 1. The number of rotatable bonds is 2. The normalized spacial score (nSPS) is 17.1. The number of aliphatic imine (C=N–C) groups is 1. The van der Waals surface area contributed by atoms with Crippen LogP contribution >= 0.6 is 0 Å². The van der Waals surface area contributed by atoms with Gasteiger partial charge in [-0.3, -0.25) is 0 Å². The van der Waals surface area contributed by atoms with E-state index in [-0.39, 0.29) is 17.8 Å². The lowest BCUT2D eigenvalue weighted by Crippen LogP contribution is -2.56. The van der Waals surface area contributed by atoms with Crippen LogP contribution in [0.3, 0.4) is 0 Å². The third-order valence-electron chi connectivity index (χ3n) is 6.39. The predicted octanol–water partition coefficient (Wildman–Crippen LogP) is 6.14. The first-order chi connectivity index (χ1) is 17.7. The largest absolute Gasteiger partial charge is 0.497 e. The number of amides is 2. The van der Waals surface area contributed by atoms with Crippen molar-refractivity contribution in [3.63, 3.8) is 0 Å². The van der Waals surface area contributed by atoms with Gasteiger partial charge in [-0.2, -0.15) is 13.2 Å². The molecule has 2 amide bonds. The lowest BCUT2D eigenvalue weighted by molar-refractivity contribution is -0.137. The van der Waals surface area contributed by atoms with Crippen molar-refractivity contribution in [1.82, 2.24) is 9.80 Å². The number of nitrogens with one attached hydrogen (secondary N) is 1. The second-order valence-corrected chi connectivity index (χ2v) is 8.86. The number of hydrogen-bond donors (Lipinski definition) is 1. The fourth-order valence-electron chi connectivity index (χ4n) is 4.46. The van der Waals surface area contributed by atoms with Gasteiger partial charge in [0.15, 0.2) is 5.75 Å². The van der Waals surface area contributed by atoms with Crippen molar-refractivity contribution in [1.29, 1.82) is 0 Å². The molecule has 0 radical (unpaired) electrons. The zero-order valence-corrected chi connectivity index (χ0v) is 20.2. The summed E-state index contributed by atoms with van der Waals surface area (Å²) in [6, 6.07) is 17.2. The summed E-state index contributed by atoms with van der Waals surface area (Å²) in [4.78, 5) is 21.5. The van der Waals surface area contributed by atoms with Gasteiger partial charge in [0, 0.05) is 31.4 Å². The van der Waals surface area contributed by atoms with Crippen LogP contribution in [0, 0.1) is 0 Å². The van der Waals surface area contributed by atoms with Gasteiger partial charge in [0.2, 0.25) is 0 Å². The number of piperazine rings is 1. The van der Waals surface area contributed by atoms with Gasteiger partial charge < -0.3 is 24.6 Å².